The molecule has 0 saturated heterocycles. The third-order valence-electron chi connectivity index (χ3n) is 4.96. The van der Waals surface area contributed by atoms with Crippen LogP contribution in [0.15, 0.2) is 61.2 Å². The van der Waals surface area contributed by atoms with Crippen LogP contribution >= 0.6 is 0 Å². The summed E-state index contributed by atoms with van der Waals surface area (Å²) >= 11 is 0. The topological polar surface area (TPSA) is 20.3 Å². The molecule has 2 nitrogen and oxygen atoms in total. The van der Waals surface area contributed by atoms with Crippen LogP contribution in [0.5, 0.6) is 0 Å². The predicted octanol–water partition coefficient (Wildman–Crippen LogP) is 4.49. The second-order valence-electron chi connectivity index (χ2n) is 6.60. The number of nitrogens with zero attached hydrogens (tertiary/aromatic N) is 1. The molecule has 0 radical (unpaired) electrons. The maximum Gasteiger partial charge on any atom is 0.164 e. The number of hydrogen-bond acceptors (Lipinski definition) is 2. The molecule has 2 aliphatic rings. The second-order valence-corrected chi connectivity index (χ2v) is 6.60. The number of ketones is 1. The lowest BCUT2D eigenvalue weighted by Crippen LogP contribution is -2.37. The van der Waals surface area contributed by atoms with E-state index in [9.17, 15) is 4.79 Å². The molecule has 1 unspecified atom stereocenters. The van der Waals surface area contributed by atoms with Gasteiger partial charge < -0.3 is 0 Å². The van der Waals surface area contributed by atoms with Crippen molar-refractivity contribution in [1.29, 1.82) is 0 Å². The first-order valence-corrected chi connectivity index (χ1v) is 8.35. The third kappa shape index (κ3) is 2.75. The lowest BCUT2D eigenvalue weighted by atomic mass is 9.86. The van der Waals surface area contributed by atoms with Gasteiger partial charge >= 0.3 is 0 Å². The van der Waals surface area contributed by atoms with Gasteiger partial charge in [-0.15, -0.1) is 0 Å². The molecule has 2 heteroatoms. The molecule has 116 valence electrons. The predicted molar refractivity (Wildman–Crippen MR) is 93.3 cm³/mol. The number of rotatable bonds is 4. The molecule has 1 fully saturated rings. The van der Waals surface area contributed by atoms with Gasteiger partial charge in [-0.1, -0.05) is 61.2 Å². The van der Waals surface area contributed by atoms with Crippen LogP contribution in [0.25, 0.3) is 5.57 Å². The molecule has 4 rings (SSSR count). The number of benzene rings is 2. The van der Waals surface area contributed by atoms with E-state index in [0.29, 0.717) is 12.5 Å². The van der Waals surface area contributed by atoms with E-state index < -0.39 is 0 Å². The van der Waals surface area contributed by atoms with Crippen molar-refractivity contribution in [2.75, 3.05) is 6.54 Å². The van der Waals surface area contributed by atoms with E-state index in [2.05, 4.69) is 35.7 Å². The Hall–Kier alpha value is -2.19. The fourth-order valence-electron chi connectivity index (χ4n) is 3.64. The Labute approximate surface area is 137 Å². The SMILES string of the molecule is C=C1CN(C2CC2)C(CC(=O)c2ccccc2)c2ccccc21. The molecule has 0 aromatic heterocycles. The smallest absolute Gasteiger partial charge is 0.164 e. The minimum atomic E-state index is 0.178. The summed E-state index contributed by atoms with van der Waals surface area (Å²) in [7, 11) is 0. The van der Waals surface area contributed by atoms with Gasteiger partial charge in [0.05, 0.1) is 0 Å². The van der Waals surface area contributed by atoms with E-state index in [-0.39, 0.29) is 11.8 Å². The zero-order valence-corrected chi connectivity index (χ0v) is 13.2. The Morgan fingerprint density at radius 3 is 2.48 bits per heavy atom. The van der Waals surface area contributed by atoms with Crippen molar-refractivity contribution in [2.45, 2.75) is 31.3 Å². The highest BCUT2D eigenvalue weighted by atomic mass is 16.1. The molecule has 2 aromatic rings. The highest BCUT2D eigenvalue weighted by Crippen LogP contribution is 2.43. The molecular weight excluding hydrogens is 282 g/mol. The molecule has 1 heterocycles. The lowest BCUT2D eigenvalue weighted by molar-refractivity contribution is 0.0917. The average molecular weight is 303 g/mol. The molecule has 0 amide bonds. The molecule has 0 bridgehead atoms. The zero-order valence-electron chi connectivity index (χ0n) is 13.2. The van der Waals surface area contributed by atoms with Crippen LogP contribution in [0.4, 0.5) is 0 Å². The van der Waals surface area contributed by atoms with Crippen molar-refractivity contribution in [1.82, 2.24) is 4.90 Å². The minimum Gasteiger partial charge on any atom is -0.294 e. The molecule has 1 aliphatic heterocycles. The molecule has 0 N–H and O–H groups in total. The Kier molecular flexibility index (Phi) is 3.62. The fraction of sp³-hybridized carbons (Fsp3) is 0.286. The van der Waals surface area contributed by atoms with Gasteiger partial charge in [-0.2, -0.15) is 0 Å². The maximum atomic E-state index is 12.7. The monoisotopic (exact) mass is 303 g/mol. The lowest BCUT2D eigenvalue weighted by Gasteiger charge is -2.38. The normalized spacial score (nSPS) is 21.0. The second kappa shape index (κ2) is 5.78. The summed E-state index contributed by atoms with van der Waals surface area (Å²) in [4.78, 5) is 15.2. The van der Waals surface area contributed by atoms with E-state index in [4.69, 9.17) is 0 Å². The molecule has 1 saturated carbocycles. The number of hydrogen-bond donors (Lipinski definition) is 0. The van der Waals surface area contributed by atoms with E-state index in [1.165, 1.54) is 29.5 Å². The first kappa shape index (κ1) is 14.4. The van der Waals surface area contributed by atoms with Crippen molar-refractivity contribution in [3.05, 3.63) is 77.9 Å². The summed E-state index contributed by atoms with van der Waals surface area (Å²) in [6, 6.07) is 18.9. The quantitative estimate of drug-likeness (QED) is 0.776. The standard InChI is InChI=1S/C21H21NO/c1-15-14-22(17-11-12-17)20(19-10-6-5-9-18(15)19)13-21(23)16-7-3-2-4-8-16/h2-10,17,20H,1,11-14H2. The molecule has 1 aliphatic carbocycles. The highest BCUT2D eigenvalue weighted by Gasteiger charge is 2.39. The van der Waals surface area contributed by atoms with E-state index >= 15 is 0 Å². The molecule has 23 heavy (non-hydrogen) atoms. The maximum absolute atomic E-state index is 12.7. The zero-order chi connectivity index (χ0) is 15.8. The van der Waals surface area contributed by atoms with E-state index in [1.54, 1.807) is 0 Å². The average Bonchev–Trinajstić information content (AvgIpc) is 3.43. The molecule has 0 spiro atoms. The Morgan fingerprint density at radius 1 is 1.04 bits per heavy atom. The first-order valence-electron chi connectivity index (χ1n) is 8.35. The number of carbonyl (C=O) groups is 1. The van der Waals surface area contributed by atoms with Gasteiger partial charge in [0.1, 0.15) is 0 Å². The summed E-state index contributed by atoms with van der Waals surface area (Å²) in [5.41, 5.74) is 4.48. The van der Waals surface area contributed by atoms with Crippen molar-refractivity contribution >= 4 is 11.4 Å². The first-order chi connectivity index (χ1) is 11.2. The minimum absolute atomic E-state index is 0.178. The van der Waals surface area contributed by atoms with Crippen LogP contribution < -0.4 is 0 Å². The van der Waals surface area contributed by atoms with Crippen molar-refractivity contribution in [3.63, 3.8) is 0 Å². The van der Waals surface area contributed by atoms with Gasteiger partial charge in [-0.3, -0.25) is 9.69 Å². The highest BCUT2D eigenvalue weighted by molar-refractivity contribution is 5.96. The summed E-state index contributed by atoms with van der Waals surface area (Å²) in [5, 5.41) is 0. The number of Topliss-reactive ketones (excluding diaryl/α,β-unsaturated/α-hetero) is 1. The van der Waals surface area contributed by atoms with Gasteiger partial charge in [0.15, 0.2) is 5.78 Å². The van der Waals surface area contributed by atoms with Gasteiger partial charge in [0, 0.05) is 30.6 Å². The van der Waals surface area contributed by atoms with Gasteiger partial charge in [-0.05, 0) is 29.5 Å². The Balaban J connectivity index is 1.67. The van der Waals surface area contributed by atoms with Crippen LogP contribution in [0, 0.1) is 0 Å². The van der Waals surface area contributed by atoms with Crippen molar-refractivity contribution in [2.24, 2.45) is 0 Å². The molecule has 1 atom stereocenters. The largest absolute Gasteiger partial charge is 0.294 e. The van der Waals surface area contributed by atoms with Crippen LogP contribution in [0.3, 0.4) is 0 Å². The van der Waals surface area contributed by atoms with Crippen molar-refractivity contribution < 1.29 is 4.79 Å². The third-order valence-corrected chi connectivity index (χ3v) is 4.96. The molecular formula is C21H21NO. The number of carbonyl (C=O) groups excluding carboxylic acids is 1. The summed E-state index contributed by atoms with van der Waals surface area (Å²) in [6.45, 7) is 5.14. The van der Waals surface area contributed by atoms with Crippen LogP contribution in [-0.2, 0) is 0 Å². The summed E-state index contributed by atoms with van der Waals surface area (Å²) < 4.78 is 0. The Bertz CT molecular complexity index is 745. The van der Waals surface area contributed by atoms with Crippen LogP contribution in [0.1, 0.15) is 46.8 Å². The number of fused-ring (bicyclic) bond motifs is 1. The van der Waals surface area contributed by atoms with Crippen molar-refractivity contribution in [3.8, 4) is 0 Å². The van der Waals surface area contributed by atoms with E-state index in [0.717, 1.165) is 12.1 Å². The van der Waals surface area contributed by atoms with Gasteiger partial charge in [-0.25, -0.2) is 0 Å². The Morgan fingerprint density at radius 2 is 1.74 bits per heavy atom. The summed E-state index contributed by atoms with van der Waals surface area (Å²) in [5.74, 6) is 0.226. The van der Waals surface area contributed by atoms with Crippen LogP contribution in [0.2, 0.25) is 0 Å². The summed E-state index contributed by atoms with van der Waals surface area (Å²) in [6.07, 6.45) is 3.03. The van der Waals surface area contributed by atoms with Crippen LogP contribution in [-0.4, -0.2) is 23.3 Å². The van der Waals surface area contributed by atoms with Gasteiger partial charge in [0.25, 0.3) is 0 Å². The molecule has 2 aromatic carbocycles. The van der Waals surface area contributed by atoms with Gasteiger partial charge in [0.2, 0.25) is 0 Å². The fourth-order valence-corrected chi connectivity index (χ4v) is 3.64. The van der Waals surface area contributed by atoms with E-state index in [1.807, 2.05) is 30.3 Å².